The molecule has 9 nitrogen and oxygen atoms in total. The zero-order valence-electron chi connectivity index (χ0n) is 23.5. The van der Waals surface area contributed by atoms with Crippen LogP contribution in [0.4, 0.5) is 0 Å². The Kier molecular flexibility index (Phi) is 9.96. The van der Waals surface area contributed by atoms with Gasteiger partial charge in [-0.15, -0.1) is 6.58 Å². The van der Waals surface area contributed by atoms with Gasteiger partial charge in [-0.2, -0.15) is 0 Å². The first-order valence-corrected chi connectivity index (χ1v) is 13.9. The van der Waals surface area contributed by atoms with Crippen LogP contribution in [-0.4, -0.2) is 71.7 Å². The Morgan fingerprint density at radius 3 is 2.61 bits per heavy atom. The van der Waals surface area contributed by atoms with Crippen molar-refractivity contribution < 1.29 is 34.1 Å². The molecule has 3 N–H and O–H groups in total. The Bertz CT molecular complexity index is 1300. The maximum atomic E-state index is 13.7. The quantitative estimate of drug-likeness (QED) is 0.195. The highest BCUT2D eigenvalue weighted by Crippen LogP contribution is 2.51. The first-order valence-electron chi connectivity index (χ1n) is 13.9. The fraction of sp³-hybridized carbons (Fsp3) is 0.406. The third-order valence-corrected chi connectivity index (χ3v) is 7.61. The van der Waals surface area contributed by atoms with Crippen molar-refractivity contribution in [1.82, 2.24) is 10.2 Å². The zero-order valence-corrected chi connectivity index (χ0v) is 23.5. The summed E-state index contributed by atoms with van der Waals surface area (Å²) in [6, 6.07) is 10.1. The number of aryl methyl sites for hydroxylation is 1. The molecule has 0 aromatic heterocycles. The van der Waals surface area contributed by atoms with E-state index in [2.05, 4.69) is 11.9 Å². The molecule has 0 saturated heterocycles. The van der Waals surface area contributed by atoms with Gasteiger partial charge < -0.3 is 29.9 Å². The minimum absolute atomic E-state index is 0.0293. The maximum Gasteiger partial charge on any atom is 0.247 e. The summed E-state index contributed by atoms with van der Waals surface area (Å²) in [6.45, 7) is 5.73. The van der Waals surface area contributed by atoms with Gasteiger partial charge in [0.05, 0.1) is 25.7 Å². The summed E-state index contributed by atoms with van der Waals surface area (Å²) in [5.74, 6) is -0.666. The van der Waals surface area contributed by atoms with Crippen molar-refractivity contribution in [3.8, 4) is 11.5 Å². The summed E-state index contributed by atoms with van der Waals surface area (Å²) in [5.41, 5.74) is 3.14. The largest absolute Gasteiger partial charge is 0.493 e. The molecule has 9 heteroatoms. The molecule has 4 unspecified atom stereocenters. The number of hydrogen-bond acceptors (Lipinski definition) is 7. The Morgan fingerprint density at radius 2 is 1.95 bits per heavy atom. The number of allylic oxidation sites excluding steroid dienone is 1. The van der Waals surface area contributed by atoms with Gasteiger partial charge in [0.1, 0.15) is 18.5 Å². The highest BCUT2D eigenvalue weighted by Gasteiger charge is 2.51. The van der Waals surface area contributed by atoms with Crippen LogP contribution in [0.5, 0.6) is 11.5 Å². The van der Waals surface area contributed by atoms with Gasteiger partial charge in [-0.3, -0.25) is 14.4 Å². The van der Waals surface area contributed by atoms with E-state index in [0.717, 1.165) is 24.0 Å². The zero-order chi connectivity index (χ0) is 29.5. The molecule has 2 amide bonds. The molecule has 0 saturated carbocycles. The molecular weight excluding hydrogens is 524 g/mol. The van der Waals surface area contributed by atoms with E-state index in [1.165, 1.54) is 7.11 Å². The number of fused-ring (bicyclic) bond motifs is 3. The first-order chi connectivity index (χ1) is 19.8. The number of aliphatic hydroxyl groups excluding tert-OH is 2. The van der Waals surface area contributed by atoms with Gasteiger partial charge in [0, 0.05) is 36.2 Å². The van der Waals surface area contributed by atoms with Gasteiger partial charge >= 0.3 is 0 Å². The van der Waals surface area contributed by atoms with Crippen LogP contribution in [0.2, 0.25) is 0 Å². The third-order valence-electron chi connectivity index (χ3n) is 7.61. The van der Waals surface area contributed by atoms with E-state index in [1.54, 1.807) is 23.1 Å². The number of nitrogens with zero attached hydrogens (tertiary/aromatic N) is 1. The summed E-state index contributed by atoms with van der Waals surface area (Å²) >= 11 is 0. The molecule has 1 aliphatic carbocycles. The van der Waals surface area contributed by atoms with Crippen LogP contribution in [0.25, 0.3) is 0 Å². The number of unbranched alkanes of at least 4 members (excludes halogenated alkanes) is 2. The molecule has 4 atom stereocenters. The number of hydrogen-bond donors (Lipinski definition) is 3. The van der Waals surface area contributed by atoms with Crippen molar-refractivity contribution in [3.05, 3.63) is 83.0 Å². The van der Waals surface area contributed by atoms with Gasteiger partial charge in [0.15, 0.2) is 11.5 Å². The molecule has 2 aromatic rings. The second-order valence-corrected chi connectivity index (χ2v) is 10.4. The van der Waals surface area contributed by atoms with Gasteiger partial charge in [-0.25, -0.2) is 0 Å². The maximum absolute atomic E-state index is 13.7. The number of methoxy groups -OCH3 is 1. The molecule has 0 bridgehead atoms. The van der Waals surface area contributed by atoms with Crippen molar-refractivity contribution in [2.24, 2.45) is 0 Å². The van der Waals surface area contributed by atoms with Crippen LogP contribution in [0.1, 0.15) is 58.6 Å². The Balaban J connectivity index is 1.77. The number of amides is 2. The summed E-state index contributed by atoms with van der Waals surface area (Å²) in [6.07, 6.45) is 4.57. The molecule has 2 aromatic carbocycles. The molecule has 4 rings (SSSR count). The number of nitrogens with one attached hydrogen (secondary N) is 1. The van der Waals surface area contributed by atoms with E-state index in [9.17, 15) is 24.6 Å². The Labute approximate surface area is 240 Å². The monoisotopic (exact) mass is 562 g/mol. The van der Waals surface area contributed by atoms with Crippen LogP contribution in [0.15, 0.2) is 60.7 Å². The van der Waals surface area contributed by atoms with E-state index < -0.39 is 30.1 Å². The highest BCUT2D eigenvalue weighted by atomic mass is 16.5. The van der Waals surface area contributed by atoms with Crippen molar-refractivity contribution in [1.29, 1.82) is 0 Å². The average Bonchev–Trinajstić information content (AvgIpc) is 3.37. The second-order valence-electron chi connectivity index (χ2n) is 10.4. The van der Waals surface area contributed by atoms with E-state index in [1.807, 2.05) is 37.3 Å². The SMILES string of the molecule is C=CCCCCC(=O)N(Cc1ccc(C)cc1)C1C=C(C(=O)NCCO)C2c3cc(C=O)cc(OC)c3OC2C1O. The van der Waals surface area contributed by atoms with Crippen molar-refractivity contribution in [2.75, 3.05) is 20.3 Å². The molecule has 2 aliphatic rings. The van der Waals surface area contributed by atoms with Crippen LogP contribution in [0, 0.1) is 6.92 Å². The standard InChI is InChI=1S/C32H38N2O7/c1-4-5-6-7-8-27(37)34(18-21-11-9-20(2)10-12-21)25-17-24(32(39)33-13-14-35)28-23-15-22(19-36)16-26(40-3)30(23)41-31(28)29(25)38/h4,9-12,15-17,19,25,28-29,31,35,38H,1,5-8,13-14,18H2,2-3H3,(H,33,39). The van der Waals surface area contributed by atoms with Crippen LogP contribution >= 0.6 is 0 Å². The fourth-order valence-electron chi connectivity index (χ4n) is 5.52. The smallest absolute Gasteiger partial charge is 0.247 e. The topological polar surface area (TPSA) is 125 Å². The first kappa shape index (κ1) is 30.0. The molecule has 0 fully saturated rings. The van der Waals surface area contributed by atoms with Crippen LogP contribution in [0.3, 0.4) is 0 Å². The van der Waals surface area contributed by atoms with Crippen LogP contribution < -0.4 is 14.8 Å². The lowest BCUT2D eigenvalue weighted by Gasteiger charge is -2.41. The number of carbonyl (C=O) groups is 3. The van der Waals surface area contributed by atoms with Gasteiger partial charge in [0.25, 0.3) is 0 Å². The molecular formula is C32H38N2O7. The Hall–Kier alpha value is -3.95. The summed E-state index contributed by atoms with van der Waals surface area (Å²) < 4.78 is 11.7. The van der Waals surface area contributed by atoms with Gasteiger partial charge in [-0.05, 0) is 50.0 Å². The normalized spacial score (nSPS) is 20.6. The summed E-state index contributed by atoms with van der Waals surface area (Å²) in [4.78, 5) is 40.4. The lowest BCUT2D eigenvalue weighted by molar-refractivity contribution is -0.138. The number of benzene rings is 2. The molecule has 1 aliphatic heterocycles. The lowest BCUT2D eigenvalue weighted by atomic mass is 9.77. The second kappa shape index (κ2) is 13.6. The molecule has 41 heavy (non-hydrogen) atoms. The third kappa shape index (κ3) is 6.52. The van der Waals surface area contributed by atoms with E-state index in [0.29, 0.717) is 35.3 Å². The van der Waals surface area contributed by atoms with Crippen molar-refractivity contribution in [3.63, 3.8) is 0 Å². The van der Waals surface area contributed by atoms with E-state index >= 15 is 0 Å². The van der Waals surface area contributed by atoms with Crippen molar-refractivity contribution in [2.45, 2.75) is 63.3 Å². The minimum Gasteiger partial charge on any atom is -0.493 e. The number of aliphatic hydroxyl groups is 2. The lowest BCUT2D eigenvalue weighted by Crippen LogP contribution is -2.55. The molecule has 0 radical (unpaired) electrons. The molecule has 0 spiro atoms. The minimum atomic E-state index is -1.19. The highest BCUT2D eigenvalue weighted by molar-refractivity contribution is 5.96. The van der Waals surface area contributed by atoms with E-state index in [4.69, 9.17) is 9.47 Å². The number of aldehydes is 1. The fourth-order valence-corrected chi connectivity index (χ4v) is 5.52. The summed E-state index contributed by atoms with van der Waals surface area (Å²) in [5, 5.41) is 23.8. The predicted octanol–water partition coefficient (Wildman–Crippen LogP) is 3.21. The number of carbonyl (C=O) groups excluding carboxylic acids is 3. The number of ether oxygens (including phenoxy) is 2. The van der Waals surface area contributed by atoms with Gasteiger partial charge in [0.2, 0.25) is 11.8 Å². The Morgan fingerprint density at radius 1 is 1.20 bits per heavy atom. The molecule has 218 valence electrons. The van der Waals surface area contributed by atoms with Gasteiger partial charge in [-0.1, -0.05) is 35.9 Å². The predicted molar refractivity (Wildman–Crippen MR) is 154 cm³/mol. The van der Waals surface area contributed by atoms with Crippen molar-refractivity contribution >= 4 is 18.1 Å². The summed E-state index contributed by atoms with van der Waals surface area (Å²) in [7, 11) is 1.45. The van der Waals surface area contributed by atoms with Crippen LogP contribution in [-0.2, 0) is 16.1 Å². The number of rotatable bonds is 13. The van der Waals surface area contributed by atoms with E-state index in [-0.39, 0.29) is 37.6 Å². The average molecular weight is 563 g/mol. The molecule has 1 heterocycles.